The van der Waals surface area contributed by atoms with E-state index >= 15 is 0 Å². The molecule has 0 saturated carbocycles. The number of fused-ring (bicyclic) bond motifs is 1. The number of alkyl halides is 2. The lowest BCUT2D eigenvalue weighted by atomic mass is 9.87. The zero-order chi connectivity index (χ0) is 25.7. The van der Waals surface area contributed by atoms with Crippen molar-refractivity contribution in [3.63, 3.8) is 0 Å². The molecule has 0 spiro atoms. The van der Waals surface area contributed by atoms with Gasteiger partial charge in [0.2, 0.25) is 5.95 Å². The van der Waals surface area contributed by atoms with E-state index in [4.69, 9.17) is 11.6 Å². The Labute approximate surface area is 209 Å². The summed E-state index contributed by atoms with van der Waals surface area (Å²) >= 11 is 6.38. The van der Waals surface area contributed by atoms with Crippen molar-refractivity contribution in [2.75, 3.05) is 23.3 Å². The van der Waals surface area contributed by atoms with Gasteiger partial charge in [0.25, 0.3) is 5.92 Å². The zero-order valence-corrected chi connectivity index (χ0v) is 21.8. The lowest BCUT2D eigenvalue weighted by Gasteiger charge is -2.41. The maximum atomic E-state index is 14.3. The van der Waals surface area contributed by atoms with Gasteiger partial charge in [0.15, 0.2) is 5.82 Å². The van der Waals surface area contributed by atoms with Crippen molar-refractivity contribution in [1.82, 2.24) is 19.1 Å². The molecular weight excluding hydrogens is 474 g/mol. The summed E-state index contributed by atoms with van der Waals surface area (Å²) in [6, 6.07) is 5.65. The Morgan fingerprint density at radius 1 is 1.17 bits per heavy atom. The highest BCUT2D eigenvalue weighted by Crippen LogP contribution is 2.39. The van der Waals surface area contributed by atoms with Crippen LogP contribution in [0, 0.1) is 17.3 Å². The van der Waals surface area contributed by atoms with Crippen LogP contribution in [0.5, 0.6) is 0 Å². The van der Waals surface area contributed by atoms with Gasteiger partial charge in [-0.25, -0.2) is 18.6 Å². The topological polar surface area (TPSA) is 68.0 Å². The number of halogens is 3. The van der Waals surface area contributed by atoms with Crippen LogP contribution in [0.4, 0.5) is 26.2 Å². The van der Waals surface area contributed by atoms with E-state index < -0.39 is 17.8 Å². The largest absolute Gasteiger partial charge is 0.340 e. The van der Waals surface area contributed by atoms with Gasteiger partial charge in [-0.15, -0.1) is 0 Å². The normalized spacial score (nSPS) is 20.4. The molecule has 1 aliphatic heterocycles. The number of anilines is 3. The lowest BCUT2D eigenvalue weighted by molar-refractivity contribution is -0.105. The maximum absolute atomic E-state index is 14.3. The second-order valence-corrected chi connectivity index (χ2v) is 11.3. The minimum atomic E-state index is -2.72. The van der Waals surface area contributed by atoms with E-state index in [1.54, 1.807) is 34.9 Å². The summed E-state index contributed by atoms with van der Waals surface area (Å²) < 4.78 is 32.0. The standard InChI is InChI=1S/C25H33ClF2N6O/c1-15-13-33(14-16(2)25(15,27)28)22-29-12-18(26)21(31-22)30-17-7-8-19-20(11-17)34(23(35)32(19)6)10-9-24(3,4)5/h7-8,11-12,15-16H,9-10,13-14H2,1-6H3,(H,29,30,31)/t15-,16+. The third-order valence-corrected chi connectivity index (χ3v) is 7.09. The second kappa shape index (κ2) is 9.08. The molecule has 190 valence electrons. The summed E-state index contributed by atoms with van der Waals surface area (Å²) in [5, 5.41) is 3.54. The molecule has 1 aromatic carbocycles. The van der Waals surface area contributed by atoms with Crippen molar-refractivity contribution in [3.05, 3.63) is 39.9 Å². The molecule has 1 aliphatic rings. The van der Waals surface area contributed by atoms with Gasteiger partial charge in [0.1, 0.15) is 5.02 Å². The fraction of sp³-hybridized carbons (Fsp3) is 0.560. The molecule has 1 saturated heterocycles. The molecule has 0 bridgehead atoms. The Kier molecular flexibility index (Phi) is 6.59. The Balaban J connectivity index is 1.63. The molecule has 0 aliphatic carbocycles. The van der Waals surface area contributed by atoms with Gasteiger partial charge in [0, 0.05) is 44.2 Å². The molecule has 0 unspecified atom stereocenters. The first-order valence-corrected chi connectivity index (χ1v) is 12.3. The van der Waals surface area contributed by atoms with Crippen molar-refractivity contribution in [1.29, 1.82) is 0 Å². The average Bonchev–Trinajstić information content (AvgIpc) is 3.01. The van der Waals surface area contributed by atoms with Crippen molar-refractivity contribution in [2.24, 2.45) is 24.3 Å². The van der Waals surface area contributed by atoms with E-state index in [0.717, 1.165) is 17.5 Å². The number of nitrogens with zero attached hydrogens (tertiary/aromatic N) is 5. The van der Waals surface area contributed by atoms with Gasteiger partial charge in [-0.3, -0.25) is 9.13 Å². The highest BCUT2D eigenvalue weighted by molar-refractivity contribution is 6.32. The quantitative estimate of drug-likeness (QED) is 0.481. The zero-order valence-electron chi connectivity index (χ0n) is 21.1. The highest BCUT2D eigenvalue weighted by Gasteiger charge is 2.47. The summed E-state index contributed by atoms with van der Waals surface area (Å²) in [7, 11) is 1.77. The Hall–Kier alpha value is -2.68. The third kappa shape index (κ3) is 5.01. The molecule has 2 atom stereocenters. The minimum absolute atomic E-state index is 0.0612. The van der Waals surface area contributed by atoms with Crippen LogP contribution >= 0.6 is 11.6 Å². The van der Waals surface area contributed by atoms with Crippen LogP contribution in [0.1, 0.15) is 41.0 Å². The van der Waals surface area contributed by atoms with Crippen molar-refractivity contribution in [2.45, 2.75) is 53.5 Å². The number of hydrogen-bond donors (Lipinski definition) is 1. The van der Waals surface area contributed by atoms with E-state index in [1.165, 1.54) is 6.20 Å². The van der Waals surface area contributed by atoms with Crippen molar-refractivity contribution >= 4 is 40.1 Å². The molecule has 0 radical (unpaired) electrons. The first kappa shape index (κ1) is 25.4. The van der Waals surface area contributed by atoms with Crippen LogP contribution in [0.3, 0.4) is 0 Å². The number of aromatic nitrogens is 4. The number of nitrogens with one attached hydrogen (secondary N) is 1. The second-order valence-electron chi connectivity index (χ2n) is 10.9. The maximum Gasteiger partial charge on any atom is 0.328 e. The molecule has 35 heavy (non-hydrogen) atoms. The molecule has 7 nitrogen and oxygen atoms in total. The van der Waals surface area contributed by atoms with Crippen LogP contribution < -0.4 is 15.9 Å². The van der Waals surface area contributed by atoms with E-state index in [0.29, 0.717) is 29.0 Å². The Morgan fingerprint density at radius 3 is 2.46 bits per heavy atom. The lowest BCUT2D eigenvalue weighted by Crippen LogP contribution is -2.52. The number of imidazole rings is 1. The predicted octanol–water partition coefficient (Wildman–Crippen LogP) is 5.69. The monoisotopic (exact) mass is 506 g/mol. The minimum Gasteiger partial charge on any atom is -0.340 e. The smallest absolute Gasteiger partial charge is 0.328 e. The molecule has 1 fully saturated rings. The van der Waals surface area contributed by atoms with Gasteiger partial charge < -0.3 is 10.2 Å². The molecule has 0 amide bonds. The van der Waals surface area contributed by atoms with Crippen LogP contribution in [0.15, 0.2) is 29.2 Å². The molecule has 10 heteroatoms. The summed E-state index contributed by atoms with van der Waals surface area (Å²) in [6.45, 7) is 10.5. The van der Waals surface area contributed by atoms with E-state index in [9.17, 15) is 13.6 Å². The summed E-state index contributed by atoms with van der Waals surface area (Å²) in [5.74, 6) is -3.61. The molecular formula is C25H33ClF2N6O. The number of hydrogen-bond acceptors (Lipinski definition) is 5. The summed E-state index contributed by atoms with van der Waals surface area (Å²) in [5.41, 5.74) is 2.40. The molecule has 2 aromatic heterocycles. The fourth-order valence-electron chi connectivity index (χ4n) is 4.51. The van der Waals surface area contributed by atoms with Gasteiger partial charge in [-0.1, -0.05) is 46.2 Å². The van der Waals surface area contributed by atoms with Gasteiger partial charge in [-0.2, -0.15) is 4.98 Å². The Morgan fingerprint density at radius 2 is 1.83 bits per heavy atom. The molecule has 1 N–H and O–H groups in total. The predicted molar refractivity (Wildman–Crippen MR) is 137 cm³/mol. The van der Waals surface area contributed by atoms with Crippen LogP contribution in [0.25, 0.3) is 11.0 Å². The molecule has 4 rings (SSSR count). The van der Waals surface area contributed by atoms with Gasteiger partial charge in [-0.05, 0) is 30.0 Å². The fourth-order valence-corrected chi connectivity index (χ4v) is 4.65. The summed E-state index contributed by atoms with van der Waals surface area (Å²) in [6.07, 6.45) is 2.34. The van der Waals surface area contributed by atoms with Gasteiger partial charge >= 0.3 is 5.69 Å². The number of benzene rings is 1. The number of rotatable bonds is 5. The van der Waals surface area contributed by atoms with Gasteiger partial charge in [0.05, 0.1) is 17.2 Å². The van der Waals surface area contributed by atoms with Crippen molar-refractivity contribution in [3.8, 4) is 0 Å². The van der Waals surface area contributed by atoms with Crippen LogP contribution in [-0.4, -0.2) is 38.1 Å². The first-order valence-electron chi connectivity index (χ1n) is 11.9. The van der Waals surface area contributed by atoms with Crippen molar-refractivity contribution < 1.29 is 8.78 Å². The van der Waals surface area contributed by atoms with Crippen LogP contribution in [-0.2, 0) is 13.6 Å². The van der Waals surface area contributed by atoms with E-state index in [1.807, 2.05) is 18.2 Å². The number of piperidine rings is 1. The van der Waals surface area contributed by atoms with E-state index in [-0.39, 0.29) is 24.2 Å². The summed E-state index contributed by atoms with van der Waals surface area (Å²) in [4.78, 5) is 23.5. The molecule has 3 heterocycles. The van der Waals surface area contributed by atoms with E-state index in [2.05, 4.69) is 36.1 Å². The van der Waals surface area contributed by atoms with Crippen LogP contribution in [0.2, 0.25) is 5.02 Å². The average molecular weight is 507 g/mol. The first-order chi connectivity index (χ1) is 16.3. The highest BCUT2D eigenvalue weighted by atomic mass is 35.5. The Bertz CT molecular complexity index is 1280. The third-order valence-electron chi connectivity index (χ3n) is 6.81. The molecule has 3 aromatic rings. The number of aryl methyl sites for hydroxylation is 2. The SMILES string of the molecule is C[C@@H]1CN(c2ncc(Cl)c(Nc3ccc4c(c3)n(CCC(C)(C)C)c(=O)n4C)n2)C[C@H](C)C1(F)F.